The predicted molar refractivity (Wildman–Crippen MR) is 119 cm³/mol. The van der Waals surface area contributed by atoms with Gasteiger partial charge in [-0.1, -0.05) is 48.5 Å². The smallest absolute Gasteiger partial charge is 0.251 e. The SMILES string of the molecule is O=C(NC1C2CCN(CC2)C1Cc1cccnc1)c1ccc(-c2ccccc2)cc1. The molecule has 1 aromatic heterocycles. The van der Waals surface area contributed by atoms with Crippen LogP contribution >= 0.6 is 0 Å². The highest BCUT2D eigenvalue weighted by atomic mass is 16.1. The summed E-state index contributed by atoms with van der Waals surface area (Å²) in [6, 6.07) is 22.9. The van der Waals surface area contributed by atoms with Gasteiger partial charge < -0.3 is 5.32 Å². The van der Waals surface area contributed by atoms with Crippen molar-refractivity contribution in [3.05, 3.63) is 90.3 Å². The molecule has 0 saturated carbocycles. The summed E-state index contributed by atoms with van der Waals surface area (Å²) in [5.41, 5.74) is 4.26. The second-order valence-electron chi connectivity index (χ2n) is 8.45. The lowest BCUT2D eigenvalue weighted by Gasteiger charge is -2.51. The summed E-state index contributed by atoms with van der Waals surface area (Å²) in [6.45, 7) is 2.27. The highest BCUT2D eigenvalue weighted by Crippen LogP contribution is 2.34. The lowest BCUT2D eigenvalue weighted by atomic mass is 9.76. The minimum atomic E-state index is 0.0320. The lowest BCUT2D eigenvalue weighted by Crippen LogP contribution is -2.64. The van der Waals surface area contributed by atoms with E-state index in [1.54, 1.807) is 0 Å². The van der Waals surface area contributed by atoms with Gasteiger partial charge in [-0.15, -0.1) is 0 Å². The number of aromatic nitrogens is 1. The van der Waals surface area contributed by atoms with E-state index in [9.17, 15) is 4.79 Å². The lowest BCUT2D eigenvalue weighted by molar-refractivity contribution is 0.0136. The topological polar surface area (TPSA) is 45.2 Å². The molecule has 1 N–H and O–H groups in total. The van der Waals surface area contributed by atoms with Gasteiger partial charge in [0, 0.05) is 30.0 Å². The number of pyridine rings is 1. The van der Waals surface area contributed by atoms with Gasteiger partial charge in [0.05, 0.1) is 0 Å². The van der Waals surface area contributed by atoms with Crippen molar-refractivity contribution < 1.29 is 4.79 Å². The summed E-state index contributed by atoms with van der Waals surface area (Å²) in [5, 5.41) is 3.40. The van der Waals surface area contributed by atoms with Gasteiger partial charge in [0.15, 0.2) is 0 Å². The average molecular weight is 398 g/mol. The number of carbonyl (C=O) groups is 1. The fourth-order valence-corrected chi connectivity index (χ4v) is 5.06. The van der Waals surface area contributed by atoms with E-state index in [1.807, 2.05) is 60.9 Å². The van der Waals surface area contributed by atoms with Crippen LogP contribution in [0.15, 0.2) is 79.1 Å². The second kappa shape index (κ2) is 8.41. The third-order valence-corrected chi connectivity index (χ3v) is 6.69. The van der Waals surface area contributed by atoms with E-state index in [4.69, 9.17) is 0 Å². The zero-order chi connectivity index (χ0) is 20.3. The van der Waals surface area contributed by atoms with Crippen LogP contribution in [0.25, 0.3) is 11.1 Å². The van der Waals surface area contributed by atoms with Crippen molar-refractivity contribution in [2.24, 2.45) is 5.92 Å². The molecular formula is C26H27N3O. The molecule has 3 aliphatic rings. The Balaban J connectivity index is 1.32. The van der Waals surface area contributed by atoms with E-state index in [0.717, 1.165) is 30.6 Å². The number of fused-ring (bicyclic) bond motifs is 3. The summed E-state index contributed by atoms with van der Waals surface area (Å²) >= 11 is 0. The maximum absolute atomic E-state index is 13.1. The molecule has 2 unspecified atom stereocenters. The number of piperidine rings is 3. The van der Waals surface area contributed by atoms with E-state index in [2.05, 4.69) is 33.4 Å². The number of nitrogens with one attached hydrogen (secondary N) is 1. The molecule has 3 fully saturated rings. The van der Waals surface area contributed by atoms with Gasteiger partial charge in [0.25, 0.3) is 5.91 Å². The zero-order valence-electron chi connectivity index (χ0n) is 17.1. The fourth-order valence-electron chi connectivity index (χ4n) is 5.06. The number of nitrogens with zero attached hydrogens (tertiary/aromatic N) is 2. The monoisotopic (exact) mass is 397 g/mol. The molecule has 2 atom stereocenters. The maximum atomic E-state index is 13.1. The van der Waals surface area contributed by atoms with Crippen LogP contribution in [0.2, 0.25) is 0 Å². The van der Waals surface area contributed by atoms with Crippen molar-refractivity contribution in [1.29, 1.82) is 0 Å². The second-order valence-corrected chi connectivity index (χ2v) is 8.45. The average Bonchev–Trinajstić information content (AvgIpc) is 2.82. The van der Waals surface area contributed by atoms with E-state index < -0.39 is 0 Å². The molecule has 152 valence electrons. The number of benzene rings is 2. The van der Waals surface area contributed by atoms with E-state index >= 15 is 0 Å². The molecule has 2 aromatic carbocycles. The Labute approximate surface area is 178 Å². The number of carbonyl (C=O) groups excluding carboxylic acids is 1. The molecule has 0 spiro atoms. The normalized spacial score (nSPS) is 25.1. The standard InChI is InChI=1S/C26H27N3O/c30-26(23-10-8-21(9-11-23)20-6-2-1-3-7-20)28-25-22-12-15-29(16-13-22)24(25)17-19-5-4-14-27-18-19/h1-11,14,18,22,24-25H,12-13,15-17H2,(H,28,30). The molecule has 4 nitrogen and oxygen atoms in total. The quantitative estimate of drug-likeness (QED) is 0.702. The van der Waals surface area contributed by atoms with Crippen LogP contribution in [0.5, 0.6) is 0 Å². The van der Waals surface area contributed by atoms with Crippen LogP contribution in [-0.2, 0) is 6.42 Å². The molecule has 3 aliphatic heterocycles. The van der Waals surface area contributed by atoms with Crippen molar-refractivity contribution in [3.8, 4) is 11.1 Å². The minimum absolute atomic E-state index is 0.0320. The third-order valence-electron chi connectivity index (χ3n) is 6.69. The largest absolute Gasteiger partial charge is 0.347 e. The van der Waals surface area contributed by atoms with Crippen LogP contribution < -0.4 is 5.32 Å². The number of hydrogen-bond donors (Lipinski definition) is 1. The summed E-state index contributed by atoms with van der Waals surface area (Å²) in [5.74, 6) is 0.591. The Hall–Kier alpha value is -2.98. The molecule has 1 amide bonds. The molecule has 3 saturated heterocycles. The van der Waals surface area contributed by atoms with Crippen LogP contribution in [0, 0.1) is 5.92 Å². The maximum Gasteiger partial charge on any atom is 0.251 e. The van der Waals surface area contributed by atoms with Crippen LogP contribution in [0.3, 0.4) is 0 Å². The van der Waals surface area contributed by atoms with Gasteiger partial charge in [0.2, 0.25) is 0 Å². The molecule has 2 bridgehead atoms. The molecule has 4 heterocycles. The summed E-state index contributed by atoms with van der Waals surface area (Å²) in [4.78, 5) is 19.9. The Bertz CT molecular complexity index is 980. The third kappa shape index (κ3) is 3.88. The van der Waals surface area contributed by atoms with Crippen LogP contribution in [0.1, 0.15) is 28.8 Å². The molecule has 0 aliphatic carbocycles. The van der Waals surface area contributed by atoms with Gasteiger partial charge >= 0.3 is 0 Å². The summed E-state index contributed by atoms with van der Waals surface area (Å²) < 4.78 is 0. The first-order chi connectivity index (χ1) is 14.8. The highest BCUT2D eigenvalue weighted by molar-refractivity contribution is 5.95. The molecule has 30 heavy (non-hydrogen) atoms. The molecule has 0 radical (unpaired) electrons. The van der Waals surface area contributed by atoms with Gasteiger partial charge in [0.1, 0.15) is 0 Å². The zero-order valence-corrected chi connectivity index (χ0v) is 17.1. The number of hydrogen-bond acceptors (Lipinski definition) is 3. The number of amides is 1. The van der Waals surface area contributed by atoms with Gasteiger partial charge in [-0.25, -0.2) is 0 Å². The first kappa shape index (κ1) is 19.0. The van der Waals surface area contributed by atoms with E-state index in [1.165, 1.54) is 24.0 Å². The first-order valence-electron chi connectivity index (χ1n) is 10.9. The Morgan fingerprint density at radius 3 is 2.37 bits per heavy atom. The van der Waals surface area contributed by atoms with E-state index in [-0.39, 0.29) is 11.9 Å². The van der Waals surface area contributed by atoms with Crippen molar-refractivity contribution in [3.63, 3.8) is 0 Å². The summed E-state index contributed by atoms with van der Waals surface area (Å²) in [6.07, 6.45) is 7.03. The van der Waals surface area contributed by atoms with Gasteiger partial charge in [-0.2, -0.15) is 0 Å². The van der Waals surface area contributed by atoms with Crippen LogP contribution in [-0.4, -0.2) is 41.0 Å². The van der Waals surface area contributed by atoms with Gasteiger partial charge in [-0.05, 0) is 73.2 Å². The van der Waals surface area contributed by atoms with Crippen molar-refractivity contribution in [1.82, 2.24) is 15.2 Å². The first-order valence-corrected chi connectivity index (χ1v) is 10.9. The Morgan fingerprint density at radius 2 is 1.67 bits per heavy atom. The predicted octanol–water partition coefficient (Wildman–Crippen LogP) is 4.18. The van der Waals surface area contributed by atoms with Gasteiger partial charge in [-0.3, -0.25) is 14.7 Å². The van der Waals surface area contributed by atoms with Crippen molar-refractivity contribution in [2.75, 3.05) is 13.1 Å². The fraction of sp³-hybridized carbons (Fsp3) is 0.308. The molecule has 4 heteroatoms. The highest BCUT2D eigenvalue weighted by Gasteiger charge is 2.42. The molecular weight excluding hydrogens is 370 g/mol. The summed E-state index contributed by atoms with van der Waals surface area (Å²) in [7, 11) is 0. The Morgan fingerprint density at radius 1 is 0.933 bits per heavy atom. The minimum Gasteiger partial charge on any atom is -0.347 e. The van der Waals surface area contributed by atoms with Crippen molar-refractivity contribution in [2.45, 2.75) is 31.3 Å². The Kier molecular flexibility index (Phi) is 5.33. The molecule has 3 aromatic rings. The van der Waals surface area contributed by atoms with E-state index in [0.29, 0.717) is 12.0 Å². The van der Waals surface area contributed by atoms with Crippen LogP contribution in [0.4, 0.5) is 0 Å². The molecule has 6 rings (SSSR count). The van der Waals surface area contributed by atoms with Crippen molar-refractivity contribution >= 4 is 5.91 Å². The number of rotatable bonds is 5.